The maximum Gasteiger partial charge on any atom is 0.337 e. The number of allylic oxidation sites excluding steroid dienone is 1. The Morgan fingerprint density at radius 2 is 1.47 bits per heavy atom. The molecular formula is C25H20O9. The number of ketones is 2. The zero-order valence-corrected chi connectivity index (χ0v) is 18.6. The molecule has 0 atom stereocenters. The predicted octanol–water partition coefficient (Wildman–Crippen LogP) is 2.56. The van der Waals surface area contributed by atoms with Gasteiger partial charge in [-0.25, -0.2) is 4.79 Å². The largest absolute Gasteiger partial charge is 0.465 e. The number of hydrogen-bond donors (Lipinski definition) is 0. The van der Waals surface area contributed by atoms with Gasteiger partial charge in [-0.15, -0.1) is 0 Å². The fraction of sp³-hybridized carbons (Fsp3) is 0.240. The van der Waals surface area contributed by atoms with E-state index in [-0.39, 0.29) is 41.2 Å². The van der Waals surface area contributed by atoms with Crippen molar-refractivity contribution in [1.82, 2.24) is 0 Å². The molecule has 2 aromatic carbocycles. The average Bonchev–Trinajstić information content (AvgIpc) is 2.85. The monoisotopic (exact) mass is 464 g/mol. The van der Waals surface area contributed by atoms with Gasteiger partial charge in [0.1, 0.15) is 5.75 Å². The van der Waals surface area contributed by atoms with E-state index >= 15 is 0 Å². The van der Waals surface area contributed by atoms with Gasteiger partial charge < -0.3 is 18.9 Å². The molecule has 0 radical (unpaired) electrons. The Balaban J connectivity index is 2.10. The second-order valence-corrected chi connectivity index (χ2v) is 7.40. The van der Waals surface area contributed by atoms with E-state index in [0.29, 0.717) is 0 Å². The molecule has 0 bridgehead atoms. The summed E-state index contributed by atoms with van der Waals surface area (Å²) in [4.78, 5) is 66.2. The van der Waals surface area contributed by atoms with Crippen LogP contribution in [-0.2, 0) is 29.2 Å². The van der Waals surface area contributed by atoms with E-state index in [4.69, 9.17) is 18.9 Å². The lowest BCUT2D eigenvalue weighted by molar-refractivity contribution is -0.162. The SMILES string of the molecule is CCOC(=O)C1(C(=O)OCC)C2=C(Oc3cc(C(=O)OC)ccc31)C(=O)c1ccccc1C2=O. The van der Waals surface area contributed by atoms with Gasteiger partial charge in [0, 0.05) is 16.7 Å². The number of ether oxygens (including phenoxy) is 4. The van der Waals surface area contributed by atoms with Crippen LogP contribution in [0.15, 0.2) is 53.8 Å². The summed E-state index contributed by atoms with van der Waals surface area (Å²) in [7, 11) is 1.19. The summed E-state index contributed by atoms with van der Waals surface area (Å²) in [5.41, 5.74) is -2.89. The molecule has 2 aromatic rings. The Morgan fingerprint density at radius 3 is 2.03 bits per heavy atom. The number of carbonyl (C=O) groups excluding carboxylic acids is 5. The molecule has 174 valence electrons. The number of methoxy groups -OCH3 is 1. The molecular weight excluding hydrogens is 444 g/mol. The van der Waals surface area contributed by atoms with Gasteiger partial charge in [-0.3, -0.25) is 19.2 Å². The first kappa shape index (κ1) is 22.9. The molecule has 1 aliphatic carbocycles. The first-order valence-electron chi connectivity index (χ1n) is 10.5. The quantitative estimate of drug-likeness (QED) is 0.373. The first-order valence-corrected chi connectivity index (χ1v) is 10.5. The maximum atomic E-state index is 13.7. The van der Waals surface area contributed by atoms with Gasteiger partial charge in [-0.2, -0.15) is 0 Å². The van der Waals surface area contributed by atoms with Crippen LogP contribution in [0.1, 0.15) is 50.5 Å². The van der Waals surface area contributed by atoms with Gasteiger partial charge in [-0.05, 0) is 26.0 Å². The van der Waals surface area contributed by atoms with Crippen LogP contribution < -0.4 is 4.74 Å². The van der Waals surface area contributed by atoms with E-state index in [2.05, 4.69) is 0 Å². The first-order chi connectivity index (χ1) is 16.3. The molecule has 0 saturated heterocycles. The van der Waals surface area contributed by atoms with Crippen molar-refractivity contribution in [2.45, 2.75) is 19.3 Å². The lowest BCUT2D eigenvalue weighted by atomic mass is 9.66. The van der Waals surface area contributed by atoms with Crippen molar-refractivity contribution >= 4 is 29.5 Å². The van der Waals surface area contributed by atoms with Crippen LogP contribution in [0.2, 0.25) is 0 Å². The van der Waals surface area contributed by atoms with Gasteiger partial charge in [-0.1, -0.05) is 30.3 Å². The number of benzene rings is 2. The summed E-state index contributed by atoms with van der Waals surface area (Å²) >= 11 is 0. The number of carbonyl (C=O) groups is 5. The van der Waals surface area contributed by atoms with Gasteiger partial charge in [0.2, 0.25) is 11.2 Å². The molecule has 34 heavy (non-hydrogen) atoms. The van der Waals surface area contributed by atoms with Crippen LogP contribution in [0.5, 0.6) is 5.75 Å². The fourth-order valence-electron chi connectivity index (χ4n) is 4.18. The zero-order valence-electron chi connectivity index (χ0n) is 18.6. The van der Waals surface area contributed by atoms with E-state index in [9.17, 15) is 24.0 Å². The lowest BCUT2D eigenvalue weighted by Gasteiger charge is -2.38. The van der Waals surface area contributed by atoms with Crippen molar-refractivity contribution in [2.24, 2.45) is 0 Å². The second-order valence-electron chi connectivity index (χ2n) is 7.40. The molecule has 0 amide bonds. The topological polar surface area (TPSA) is 122 Å². The standard InChI is InChI=1S/C25H20O9/c1-4-32-23(29)25(24(30)33-5-2)16-11-10-13(22(28)31-3)12-17(16)34-21-18(25)19(26)14-8-6-7-9-15(14)20(21)27/h6-12H,4-5H2,1-3H3. The van der Waals surface area contributed by atoms with Crippen molar-refractivity contribution in [2.75, 3.05) is 20.3 Å². The van der Waals surface area contributed by atoms with Crippen molar-refractivity contribution in [3.8, 4) is 5.75 Å². The molecule has 4 rings (SSSR count). The van der Waals surface area contributed by atoms with Crippen molar-refractivity contribution in [3.63, 3.8) is 0 Å². The molecule has 0 N–H and O–H groups in total. The summed E-state index contributed by atoms with van der Waals surface area (Å²) in [6.07, 6.45) is 0. The smallest absolute Gasteiger partial charge is 0.337 e. The van der Waals surface area contributed by atoms with E-state index < -0.39 is 46.2 Å². The number of esters is 3. The van der Waals surface area contributed by atoms with Crippen molar-refractivity contribution in [3.05, 3.63) is 76.1 Å². The maximum absolute atomic E-state index is 13.7. The van der Waals surface area contributed by atoms with Gasteiger partial charge in [0.25, 0.3) is 0 Å². The molecule has 0 unspecified atom stereocenters. The van der Waals surface area contributed by atoms with Crippen molar-refractivity contribution in [1.29, 1.82) is 0 Å². The highest BCUT2D eigenvalue weighted by Gasteiger charge is 2.63. The third kappa shape index (κ3) is 3.12. The van der Waals surface area contributed by atoms with E-state index in [1.807, 2.05) is 0 Å². The molecule has 0 fully saturated rings. The van der Waals surface area contributed by atoms with Crippen LogP contribution >= 0.6 is 0 Å². The van der Waals surface area contributed by atoms with Crippen LogP contribution in [0.4, 0.5) is 0 Å². The Bertz CT molecular complexity index is 1270. The Hall–Kier alpha value is -4.27. The summed E-state index contributed by atoms with van der Waals surface area (Å²) in [6.45, 7) is 2.85. The molecule has 1 aliphatic heterocycles. The summed E-state index contributed by atoms with van der Waals surface area (Å²) in [6, 6.07) is 9.84. The minimum absolute atomic E-state index is 0.0162. The molecule has 2 aliphatic rings. The molecule has 0 spiro atoms. The second kappa shape index (κ2) is 8.58. The Morgan fingerprint density at radius 1 is 0.882 bits per heavy atom. The van der Waals surface area contributed by atoms with E-state index in [1.165, 1.54) is 51.3 Å². The van der Waals surface area contributed by atoms with Crippen molar-refractivity contribution < 1.29 is 42.9 Å². The molecule has 9 heteroatoms. The highest BCUT2D eigenvalue weighted by molar-refractivity contribution is 6.32. The number of rotatable bonds is 5. The van der Waals surface area contributed by atoms with Gasteiger partial charge in [0.05, 0.1) is 31.5 Å². The van der Waals surface area contributed by atoms with Crippen LogP contribution in [-0.4, -0.2) is 49.8 Å². The third-order valence-electron chi connectivity index (χ3n) is 5.63. The lowest BCUT2D eigenvalue weighted by Crippen LogP contribution is -2.53. The molecule has 0 saturated carbocycles. The highest BCUT2D eigenvalue weighted by Crippen LogP contribution is 2.49. The minimum atomic E-state index is -2.44. The average molecular weight is 464 g/mol. The summed E-state index contributed by atoms with van der Waals surface area (Å²) < 4.78 is 21.0. The molecule has 9 nitrogen and oxygen atoms in total. The Labute approximate surface area is 194 Å². The van der Waals surface area contributed by atoms with Crippen LogP contribution in [0, 0.1) is 0 Å². The molecule has 0 aromatic heterocycles. The summed E-state index contributed by atoms with van der Waals surface area (Å²) in [5, 5.41) is 0. The minimum Gasteiger partial charge on any atom is -0.465 e. The third-order valence-corrected chi connectivity index (χ3v) is 5.63. The Kier molecular flexibility index (Phi) is 5.78. The number of fused-ring (bicyclic) bond motifs is 2. The van der Waals surface area contributed by atoms with Crippen LogP contribution in [0.3, 0.4) is 0 Å². The predicted molar refractivity (Wildman–Crippen MR) is 115 cm³/mol. The summed E-state index contributed by atoms with van der Waals surface area (Å²) in [5.74, 6) is -5.00. The van der Waals surface area contributed by atoms with E-state index in [1.54, 1.807) is 12.1 Å². The molecule has 1 heterocycles. The number of hydrogen-bond acceptors (Lipinski definition) is 9. The number of Topliss-reactive ketones (excluding diaryl/α,β-unsaturated/α-hetero) is 2. The van der Waals surface area contributed by atoms with Gasteiger partial charge >= 0.3 is 17.9 Å². The normalized spacial score (nSPS) is 15.4. The van der Waals surface area contributed by atoms with E-state index in [0.717, 1.165) is 0 Å². The van der Waals surface area contributed by atoms with Gasteiger partial charge in [0.15, 0.2) is 11.5 Å². The highest BCUT2D eigenvalue weighted by atomic mass is 16.6. The van der Waals surface area contributed by atoms with Crippen LogP contribution in [0.25, 0.3) is 0 Å². The fourth-order valence-corrected chi connectivity index (χ4v) is 4.18. The zero-order chi connectivity index (χ0) is 24.6.